The van der Waals surface area contributed by atoms with E-state index >= 15 is 0 Å². The number of hydrogen-bond acceptors (Lipinski definition) is 7. The Labute approximate surface area is 164 Å². The highest BCUT2D eigenvalue weighted by molar-refractivity contribution is 5.92. The SMILES string of the molecule is CC(C)C[C@H](NC(=O)CNC(=O)[C@H](CCCCN)NC(=O)[C@@H](N)CO)C(=O)O. The molecule has 0 aliphatic rings. The van der Waals surface area contributed by atoms with E-state index in [0.717, 1.165) is 0 Å². The van der Waals surface area contributed by atoms with Crippen molar-refractivity contribution in [3.63, 3.8) is 0 Å². The fraction of sp³-hybridized carbons (Fsp3) is 0.765. The number of carbonyl (C=O) groups excluding carboxylic acids is 3. The van der Waals surface area contributed by atoms with E-state index in [1.807, 2.05) is 13.8 Å². The van der Waals surface area contributed by atoms with Crippen LogP contribution in [0.1, 0.15) is 39.5 Å². The third-order valence-corrected chi connectivity index (χ3v) is 3.88. The molecule has 0 saturated carbocycles. The lowest BCUT2D eigenvalue weighted by Crippen LogP contribution is -2.54. The van der Waals surface area contributed by atoms with Crippen molar-refractivity contribution in [3.8, 4) is 0 Å². The number of rotatable bonds is 14. The van der Waals surface area contributed by atoms with Crippen LogP contribution in [0, 0.1) is 5.92 Å². The minimum Gasteiger partial charge on any atom is -0.480 e. The Balaban J connectivity index is 4.75. The predicted octanol–water partition coefficient (Wildman–Crippen LogP) is -2.35. The second kappa shape index (κ2) is 13.9. The maximum absolute atomic E-state index is 12.3. The van der Waals surface area contributed by atoms with Crippen molar-refractivity contribution >= 4 is 23.7 Å². The molecule has 0 aromatic heterocycles. The highest BCUT2D eigenvalue weighted by Crippen LogP contribution is 2.05. The summed E-state index contributed by atoms with van der Waals surface area (Å²) in [6.45, 7) is 3.08. The van der Waals surface area contributed by atoms with Crippen LogP contribution in [0.5, 0.6) is 0 Å². The average Bonchev–Trinajstić information content (AvgIpc) is 2.63. The first-order valence-corrected chi connectivity index (χ1v) is 9.29. The fourth-order valence-corrected chi connectivity index (χ4v) is 2.35. The summed E-state index contributed by atoms with van der Waals surface area (Å²) in [5, 5.41) is 25.2. The highest BCUT2D eigenvalue weighted by atomic mass is 16.4. The molecule has 3 amide bonds. The minimum absolute atomic E-state index is 0.0638. The molecule has 0 aromatic carbocycles. The molecular weight excluding hydrogens is 370 g/mol. The van der Waals surface area contributed by atoms with Gasteiger partial charge in [0.25, 0.3) is 0 Å². The summed E-state index contributed by atoms with van der Waals surface area (Å²) in [7, 11) is 0. The molecule has 0 heterocycles. The maximum Gasteiger partial charge on any atom is 0.326 e. The van der Waals surface area contributed by atoms with Gasteiger partial charge in [0, 0.05) is 0 Å². The predicted molar refractivity (Wildman–Crippen MR) is 102 cm³/mol. The van der Waals surface area contributed by atoms with Gasteiger partial charge in [-0.05, 0) is 38.1 Å². The molecule has 0 aliphatic carbocycles. The number of hydrogen-bond donors (Lipinski definition) is 7. The van der Waals surface area contributed by atoms with Gasteiger partial charge in [-0.15, -0.1) is 0 Å². The average molecular weight is 403 g/mol. The Bertz CT molecular complexity index is 528. The molecule has 0 aliphatic heterocycles. The molecule has 0 radical (unpaired) electrons. The van der Waals surface area contributed by atoms with Crippen LogP contribution in [-0.4, -0.2) is 71.7 Å². The van der Waals surface area contributed by atoms with Crippen LogP contribution >= 0.6 is 0 Å². The molecular formula is C17H33N5O6. The molecule has 0 rings (SSSR count). The molecule has 11 nitrogen and oxygen atoms in total. The van der Waals surface area contributed by atoms with Crippen LogP contribution in [0.2, 0.25) is 0 Å². The number of carboxylic acids is 1. The number of carboxylic acid groups (broad SMARTS) is 1. The van der Waals surface area contributed by atoms with Gasteiger partial charge >= 0.3 is 5.97 Å². The minimum atomic E-state index is -1.17. The van der Waals surface area contributed by atoms with Gasteiger partial charge in [0.1, 0.15) is 18.1 Å². The van der Waals surface area contributed by atoms with Crippen molar-refractivity contribution in [2.45, 2.75) is 57.7 Å². The van der Waals surface area contributed by atoms with Crippen LogP contribution in [-0.2, 0) is 19.2 Å². The summed E-state index contributed by atoms with van der Waals surface area (Å²) in [5.74, 6) is -3.04. The van der Waals surface area contributed by atoms with Crippen molar-refractivity contribution in [1.82, 2.24) is 16.0 Å². The Kier molecular flexibility index (Phi) is 12.7. The maximum atomic E-state index is 12.3. The lowest BCUT2D eigenvalue weighted by molar-refractivity contribution is -0.142. The number of aliphatic hydroxyl groups excluding tert-OH is 1. The Hall–Kier alpha value is -2.24. The smallest absolute Gasteiger partial charge is 0.326 e. The largest absolute Gasteiger partial charge is 0.480 e. The molecule has 0 aromatic rings. The lowest BCUT2D eigenvalue weighted by atomic mass is 10.0. The summed E-state index contributed by atoms with van der Waals surface area (Å²) in [6.07, 6.45) is 1.73. The molecule has 9 N–H and O–H groups in total. The van der Waals surface area contributed by atoms with E-state index in [2.05, 4.69) is 16.0 Å². The van der Waals surface area contributed by atoms with Crippen LogP contribution in [0.4, 0.5) is 0 Å². The van der Waals surface area contributed by atoms with Crippen molar-refractivity contribution < 1.29 is 29.4 Å². The molecule has 0 unspecified atom stereocenters. The first-order valence-electron chi connectivity index (χ1n) is 9.29. The van der Waals surface area contributed by atoms with E-state index in [9.17, 15) is 19.2 Å². The zero-order chi connectivity index (χ0) is 21.7. The first-order chi connectivity index (χ1) is 13.1. The van der Waals surface area contributed by atoms with E-state index < -0.39 is 55.0 Å². The normalized spacial score (nSPS) is 14.1. The number of carbonyl (C=O) groups is 4. The number of aliphatic carboxylic acids is 1. The molecule has 28 heavy (non-hydrogen) atoms. The van der Waals surface area contributed by atoms with E-state index in [1.165, 1.54) is 0 Å². The van der Waals surface area contributed by atoms with E-state index in [1.54, 1.807) is 0 Å². The molecule has 3 atom stereocenters. The molecule has 0 saturated heterocycles. The van der Waals surface area contributed by atoms with Crippen LogP contribution in [0.3, 0.4) is 0 Å². The van der Waals surface area contributed by atoms with E-state index in [0.29, 0.717) is 19.4 Å². The van der Waals surface area contributed by atoms with Crippen LogP contribution in [0.25, 0.3) is 0 Å². The summed E-state index contributed by atoms with van der Waals surface area (Å²) >= 11 is 0. The van der Waals surface area contributed by atoms with E-state index in [4.69, 9.17) is 21.7 Å². The third-order valence-electron chi connectivity index (χ3n) is 3.88. The van der Waals surface area contributed by atoms with Gasteiger partial charge in [-0.2, -0.15) is 0 Å². The quantitative estimate of drug-likeness (QED) is 0.156. The zero-order valence-corrected chi connectivity index (χ0v) is 16.4. The molecule has 0 spiro atoms. The Morgan fingerprint density at radius 1 is 1.00 bits per heavy atom. The number of amides is 3. The fourth-order valence-electron chi connectivity index (χ4n) is 2.35. The van der Waals surface area contributed by atoms with Crippen molar-refractivity contribution in [2.24, 2.45) is 17.4 Å². The number of nitrogens with two attached hydrogens (primary N) is 2. The van der Waals surface area contributed by atoms with Gasteiger partial charge in [0.2, 0.25) is 17.7 Å². The van der Waals surface area contributed by atoms with Crippen molar-refractivity contribution in [3.05, 3.63) is 0 Å². The van der Waals surface area contributed by atoms with Crippen molar-refractivity contribution in [1.29, 1.82) is 0 Å². The summed E-state index contributed by atoms with van der Waals surface area (Å²) in [6, 6.07) is -3.16. The number of nitrogens with one attached hydrogen (secondary N) is 3. The lowest BCUT2D eigenvalue weighted by Gasteiger charge is -2.21. The summed E-state index contributed by atoms with van der Waals surface area (Å²) in [4.78, 5) is 47.3. The van der Waals surface area contributed by atoms with Gasteiger partial charge in [-0.3, -0.25) is 14.4 Å². The third kappa shape index (κ3) is 10.8. The van der Waals surface area contributed by atoms with Crippen LogP contribution < -0.4 is 27.4 Å². The Morgan fingerprint density at radius 2 is 1.64 bits per heavy atom. The second-order valence-electron chi connectivity index (χ2n) is 6.94. The summed E-state index contributed by atoms with van der Waals surface area (Å²) in [5.41, 5.74) is 10.9. The number of aliphatic hydroxyl groups is 1. The Morgan fingerprint density at radius 3 is 2.14 bits per heavy atom. The molecule has 0 bridgehead atoms. The van der Waals surface area contributed by atoms with Gasteiger partial charge in [-0.1, -0.05) is 13.8 Å². The molecule has 0 fully saturated rings. The summed E-state index contributed by atoms with van der Waals surface area (Å²) < 4.78 is 0. The van der Waals surface area contributed by atoms with E-state index in [-0.39, 0.29) is 18.8 Å². The van der Waals surface area contributed by atoms with Crippen LogP contribution in [0.15, 0.2) is 0 Å². The van der Waals surface area contributed by atoms with Crippen molar-refractivity contribution in [2.75, 3.05) is 19.7 Å². The second-order valence-corrected chi connectivity index (χ2v) is 6.94. The topological polar surface area (TPSA) is 197 Å². The molecule has 162 valence electrons. The van der Waals surface area contributed by atoms with Gasteiger partial charge in [-0.25, -0.2) is 4.79 Å². The van der Waals surface area contributed by atoms with Gasteiger partial charge in [0.15, 0.2) is 0 Å². The number of unbranched alkanes of at least 4 members (excludes halogenated alkanes) is 1. The zero-order valence-electron chi connectivity index (χ0n) is 16.4. The van der Waals surface area contributed by atoms with Gasteiger partial charge < -0.3 is 37.6 Å². The first kappa shape index (κ1) is 25.8. The highest BCUT2D eigenvalue weighted by Gasteiger charge is 2.25. The standard InChI is InChI=1S/C17H33N5O6/c1-10(2)7-13(17(27)28)21-14(24)8-20-16(26)12(5-3-4-6-18)22-15(25)11(19)9-23/h10-13,23H,3-9,18-19H2,1-2H3,(H,20,26)(H,21,24)(H,22,25)(H,27,28)/t11-,12-,13-/m0/s1. The van der Waals surface area contributed by atoms with Gasteiger partial charge in [0.05, 0.1) is 13.2 Å². The molecule has 11 heteroatoms. The monoisotopic (exact) mass is 403 g/mol.